The second kappa shape index (κ2) is 6.28. The summed E-state index contributed by atoms with van der Waals surface area (Å²) >= 11 is 0. The minimum Gasteiger partial charge on any atom is -0.497 e. The molecule has 0 amide bonds. The van der Waals surface area contributed by atoms with Crippen LogP contribution in [0.25, 0.3) is 0 Å². The second-order valence-corrected chi connectivity index (χ2v) is 7.71. The number of sulfonamides is 1. The van der Waals surface area contributed by atoms with Crippen LogP contribution in [0.2, 0.25) is 0 Å². The number of aryl methyl sites for hydroxylation is 1. The van der Waals surface area contributed by atoms with Crippen molar-refractivity contribution in [3.05, 3.63) is 53.6 Å². The molecule has 0 bridgehead atoms. The number of rotatable bonds is 3. The number of ether oxygens (including phenoxy) is 1. The Kier molecular flexibility index (Phi) is 4.32. The maximum Gasteiger partial charge on any atom is 0.264 e. The van der Waals surface area contributed by atoms with Gasteiger partial charge in [0, 0.05) is 19.4 Å². The van der Waals surface area contributed by atoms with Crippen LogP contribution >= 0.6 is 0 Å². The van der Waals surface area contributed by atoms with Gasteiger partial charge in [-0.1, -0.05) is 17.7 Å². The third kappa shape index (κ3) is 3.01. The Morgan fingerprint density at radius 2 is 1.79 bits per heavy atom. The number of ketones is 1. The van der Waals surface area contributed by atoms with Crippen molar-refractivity contribution in [3.63, 3.8) is 0 Å². The summed E-state index contributed by atoms with van der Waals surface area (Å²) in [6.45, 7) is 2.05. The van der Waals surface area contributed by atoms with Gasteiger partial charge in [0.15, 0.2) is 0 Å². The van der Waals surface area contributed by atoms with Gasteiger partial charge in [0.1, 0.15) is 11.5 Å². The lowest BCUT2D eigenvalue weighted by Gasteiger charge is -2.24. The highest BCUT2D eigenvalue weighted by Gasteiger charge is 2.30. The van der Waals surface area contributed by atoms with Gasteiger partial charge in [0.05, 0.1) is 17.7 Å². The summed E-state index contributed by atoms with van der Waals surface area (Å²) < 4.78 is 32.6. The summed E-state index contributed by atoms with van der Waals surface area (Å²) in [6.07, 6.45) is 0.411. The fraction of sp³-hybridized carbons (Fsp3) is 0.278. The summed E-state index contributed by atoms with van der Waals surface area (Å²) in [6, 6.07) is 11.9. The predicted molar refractivity (Wildman–Crippen MR) is 92.0 cm³/mol. The Morgan fingerprint density at radius 3 is 2.46 bits per heavy atom. The first-order valence-electron chi connectivity index (χ1n) is 7.70. The van der Waals surface area contributed by atoms with E-state index in [0.29, 0.717) is 17.0 Å². The van der Waals surface area contributed by atoms with Crippen LogP contribution in [0.5, 0.6) is 5.75 Å². The Labute approximate surface area is 141 Å². The zero-order chi connectivity index (χ0) is 17.3. The van der Waals surface area contributed by atoms with Crippen molar-refractivity contribution in [3.8, 4) is 5.75 Å². The molecule has 0 spiro atoms. The highest BCUT2D eigenvalue weighted by Crippen LogP contribution is 2.33. The van der Waals surface area contributed by atoms with Gasteiger partial charge in [-0.05, 0) is 42.8 Å². The Balaban J connectivity index is 2.11. The molecule has 2 aromatic carbocycles. The Bertz CT molecular complexity index is 872. The minimum atomic E-state index is -3.72. The highest BCUT2D eigenvalue weighted by atomic mass is 32.2. The molecule has 2 aromatic rings. The molecule has 0 saturated carbocycles. The lowest BCUT2D eigenvalue weighted by Crippen LogP contribution is -2.32. The van der Waals surface area contributed by atoms with Crippen LogP contribution in [0.3, 0.4) is 0 Å². The molecule has 0 aliphatic carbocycles. The summed E-state index contributed by atoms with van der Waals surface area (Å²) in [5, 5.41) is 0. The molecule has 0 atom stereocenters. The standard InChI is InChI=1S/C18H19NO4S/c1-13-3-6-17(7-4-13)24(21,22)19-10-9-15(20)11-14-12-16(23-2)5-8-18(14)19/h3-8,12H,9-11H2,1-2H3. The third-order valence-electron chi connectivity index (χ3n) is 4.15. The fourth-order valence-electron chi connectivity index (χ4n) is 2.81. The van der Waals surface area contributed by atoms with E-state index in [9.17, 15) is 13.2 Å². The van der Waals surface area contributed by atoms with Crippen molar-refractivity contribution >= 4 is 21.5 Å². The van der Waals surface area contributed by atoms with Crippen LogP contribution in [-0.4, -0.2) is 27.9 Å². The zero-order valence-corrected chi connectivity index (χ0v) is 14.5. The van der Waals surface area contributed by atoms with Gasteiger partial charge in [-0.25, -0.2) is 8.42 Å². The molecule has 6 heteroatoms. The molecule has 24 heavy (non-hydrogen) atoms. The minimum absolute atomic E-state index is 0.0195. The monoisotopic (exact) mass is 345 g/mol. The topological polar surface area (TPSA) is 63.7 Å². The molecule has 5 nitrogen and oxygen atoms in total. The second-order valence-electron chi connectivity index (χ2n) is 5.85. The molecule has 0 saturated heterocycles. The van der Waals surface area contributed by atoms with E-state index in [4.69, 9.17) is 4.74 Å². The predicted octanol–water partition coefficient (Wildman–Crippen LogP) is 2.71. The SMILES string of the molecule is COc1ccc2c(c1)CC(=O)CCN2S(=O)(=O)c1ccc(C)cc1. The molecule has 0 aromatic heterocycles. The molecule has 0 unspecified atom stereocenters. The zero-order valence-electron chi connectivity index (χ0n) is 13.7. The average Bonchev–Trinajstić information content (AvgIpc) is 2.72. The van der Waals surface area contributed by atoms with Gasteiger partial charge in [0.25, 0.3) is 10.0 Å². The van der Waals surface area contributed by atoms with E-state index >= 15 is 0 Å². The summed E-state index contributed by atoms with van der Waals surface area (Å²) in [4.78, 5) is 12.3. The van der Waals surface area contributed by atoms with E-state index in [1.54, 1.807) is 49.6 Å². The number of carbonyl (C=O) groups excluding carboxylic acids is 1. The van der Waals surface area contributed by atoms with Crippen LogP contribution in [0.4, 0.5) is 5.69 Å². The Morgan fingerprint density at radius 1 is 1.08 bits per heavy atom. The molecular weight excluding hydrogens is 326 g/mol. The van der Waals surface area contributed by atoms with Gasteiger partial charge < -0.3 is 4.74 Å². The summed E-state index contributed by atoms with van der Waals surface area (Å²) in [7, 11) is -2.18. The smallest absolute Gasteiger partial charge is 0.264 e. The molecule has 0 N–H and O–H groups in total. The number of carbonyl (C=O) groups is 1. The van der Waals surface area contributed by atoms with Crippen LogP contribution in [0.1, 0.15) is 17.5 Å². The number of fused-ring (bicyclic) bond motifs is 1. The first-order chi connectivity index (χ1) is 11.4. The normalized spacial score (nSPS) is 14.9. The number of Topliss-reactive ketones (excluding diaryl/α,β-unsaturated/α-hetero) is 1. The fourth-order valence-corrected chi connectivity index (χ4v) is 4.31. The first-order valence-corrected chi connectivity index (χ1v) is 9.14. The van der Waals surface area contributed by atoms with Crippen molar-refractivity contribution in [2.45, 2.75) is 24.7 Å². The Hall–Kier alpha value is -2.34. The number of anilines is 1. The lowest BCUT2D eigenvalue weighted by atomic mass is 10.1. The van der Waals surface area contributed by atoms with E-state index < -0.39 is 10.0 Å². The number of hydrogen-bond donors (Lipinski definition) is 0. The van der Waals surface area contributed by atoms with Gasteiger partial charge in [-0.2, -0.15) is 0 Å². The molecule has 1 aliphatic heterocycles. The van der Waals surface area contributed by atoms with E-state index in [1.165, 1.54) is 4.31 Å². The molecule has 3 rings (SSSR count). The lowest BCUT2D eigenvalue weighted by molar-refractivity contribution is -0.118. The van der Waals surface area contributed by atoms with Crippen LogP contribution in [0, 0.1) is 6.92 Å². The first kappa shape index (κ1) is 16.5. The van der Waals surface area contributed by atoms with Crippen molar-refractivity contribution in [2.75, 3.05) is 18.0 Å². The van der Waals surface area contributed by atoms with E-state index in [2.05, 4.69) is 0 Å². The van der Waals surface area contributed by atoms with Gasteiger partial charge in [-0.15, -0.1) is 0 Å². The van der Waals surface area contributed by atoms with Gasteiger partial charge in [-0.3, -0.25) is 9.10 Å². The third-order valence-corrected chi connectivity index (χ3v) is 5.97. The molecular formula is C18H19NO4S. The largest absolute Gasteiger partial charge is 0.497 e. The number of benzene rings is 2. The molecule has 0 radical (unpaired) electrons. The van der Waals surface area contributed by atoms with Crippen molar-refractivity contribution in [2.24, 2.45) is 0 Å². The van der Waals surface area contributed by atoms with Crippen LogP contribution < -0.4 is 9.04 Å². The van der Waals surface area contributed by atoms with E-state index in [0.717, 1.165) is 5.56 Å². The molecule has 126 valence electrons. The van der Waals surface area contributed by atoms with Crippen molar-refractivity contribution in [1.29, 1.82) is 0 Å². The van der Waals surface area contributed by atoms with E-state index in [1.807, 2.05) is 6.92 Å². The van der Waals surface area contributed by atoms with Gasteiger partial charge >= 0.3 is 0 Å². The van der Waals surface area contributed by atoms with Crippen LogP contribution in [-0.2, 0) is 21.2 Å². The highest BCUT2D eigenvalue weighted by molar-refractivity contribution is 7.92. The summed E-state index contributed by atoms with van der Waals surface area (Å²) in [5.74, 6) is 0.627. The van der Waals surface area contributed by atoms with Gasteiger partial charge in [0.2, 0.25) is 0 Å². The van der Waals surface area contributed by atoms with Crippen LogP contribution in [0.15, 0.2) is 47.4 Å². The molecule has 0 fully saturated rings. The number of hydrogen-bond acceptors (Lipinski definition) is 4. The number of nitrogens with zero attached hydrogens (tertiary/aromatic N) is 1. The molecule has 1 aliphatic rings. The summed E-state index contributed by atoms with van der Waals surface area (Å²) in [5.41, 5.74) is 2.21. The number of methoxy groups -OCH3 is 1. The quantitative estimate of drug-likeness (QED) is 0.858. The maximum atomic E-state index is 13.1. The van der Waals surface area contributed by atoms with E-state index in [-0.39, 0.29) is 30.1 Å². The van der Waals surface area contributed by atoms with Crippen molar-refractivity contribution in [1.82, 2.24) is 0 Å². The maximum absolute atomic E-state index is 13.1. The van der Waals surface area contributed by atoms with Crippen molar-refractivity contribution < 1.29 is 17.9 Å². The average molecular weight is 345 g/mol. The molecule has 1 heterocycles.